The first kappa shape index (κ1) is 8.53. The maximum absolute atomic E-state index is 11.0. The first-order valence-electron chi connectivity index (χ1n) is 3.97. The molecule has 0 saturated carbocycles. The third-order valence-electron chi connectivity index (χ3n) is 1.98. The van der Waals surface area contributed by atoms with Gasteiger partial charge in [0.25, 0.3) is 0 Å². The van der Waals surface area contributed by atoms with Crippen molar-refractivity contribution in [2.75, 3.05) is 13.7 Å². The van der Waals surface area contributed by atoms with Crippen molar-refractivity contribution in [3.63, 3.8) is 0 Å². The first-order chi connectivity index (χ1) is 5.27. The van der Waals surface area contributed by atoms with E-state index in [0.717, 1.165) is 19.4 Å². The van der Waals surface area contributed by atoms with Gasteiger partial charge in [0.15, 0.2) is 0 Å². The van der Waals surface area contributed by atoms with Crippen LogP contribution < -0.4 is 0 Å². The molecule has 11 heavy (non-hydrogen) atoms. The van der Waals surface area contributed by atoms with Gasteiger partial charge in [-0.05, 0) is 12.8 Å². The lowest BCUT2D eigenvalue weighted by atomic mass is 10.0. The summed E-state index contributed by atoms with van der Waals surface area (Å²) >= 11 is 0. The Morgan fingerprint density at radius 1 is 1.82 bits per heavy atom. The van der Waals surface area contributed by atoms with Crippen molar-refractivity contribution in [1.82, 2.24) is 0 Å². The zero-order valence-electron chi connectivity index (χ0n) is 7.00. The highest BCUT2D eigenvalue weighted by Gasteiger charge is 2.29. The summed E-state index contributed by atoms with van der Waals surface area (Å²) in [6, 6.07) is 0. The fraction of sp³-hybridized carbons (Fsp3) is 0.875. The van der Waals surface area contributed by atoms with E-state index in [1.807, 2.05) is 6.92 Å². The summed E-state index contributed by atoms with van der Waals surface area (Å²) in [6.45, 7) is 2.80. The highest BCUT2D eigenvalue weighted by Crippen LogP contribution is 2.22. The lowest BCUT2D eigenvalue weighted by molar-refractivity contribution is -0.145. The van der Waals surface area contributed by atoms with E-state index < -0.39 is 0 Å². The van der Waals surface area contributed by atoms with Crippen LogP contribution in [0.1, 0.15) is 19.8 Å². The lowest BCUT2D eigenvalue weighted by Gasteiger charge is -2.09. The molecule has 1 aliphatic heterocycles. The van der Waals surface area contributed by atoms with Gasteiger partial charge in [0, 0.05) is 0 Å². The fourth-order valence-electron chi connectivity index (χ4n) is 1.12. The SMILES string of the molecule is CCC(C[C@@H]1CO1)C(=O)OC. The van der Waals surface area contributed by atoms with E-state index in [2.05, 4.69) is 4.74 Å². The molecule has 64 valence electrons. The van der Waals surface area contributed by atoms with Crippen LogP contribution in [0.15, 0.2) is 0 Å². The van der Waals surface area contributed by atoms with Crippen molar-refractivity contribution < 1.29 is 14.3 Å². The van der Waals surface area contributed by atoms with Gasteiger partial charge in [0.05, 0.1) is 25.7 Å². The molecule has 3 nitrogen and oxygen atoms in total. The number of ether oxygens (including phenoxy) is 2. The molecule has 2 atom stereocenters. The summed E-state index contributed by atoms with van der Waals surface area (Å²) in [7, 11) is 1.43. The van der Waals surface area contributed by atoms with E-state index in [-0.39, 0.29) is 11.9 Å². The third-order valence-corrected chi connectivity index (χ3v) is 1.98. The molecular weight excluding hydrogens is 144 g/mol. The molecule has 1 rings (SSSR count). The van der Waals surface area contributed by atoms with Crippen LogP contribution in [-0.2, 0) is 14.3 Å². The molecule has 0 N–H and O–H groups in total. The van der Waals surface area contributed by atoms with Gasteiger partial charge in [-0.3, -0.25) is 4.79 Å². The Balaban J connectivity index is 2.27. The molecule has 1 aliphatic rings. The van der Waals surface area contributed by atoms with Gasteiger partial charge in [-0.15, -0.1) is 0 Å². The van der Waals surface area contributed by atoms with Crippen molar-refractivity contribution in [3.8, 4) is 0 Å². The lowest BCUT2D eigenvalue weighted by Crippen LogP contribution is -2.17. The Kier molecular flexibility index (Phi) is 2.88. The largest absolute Gasteiger partial charge is 0.469 e. The number of epoxide rings is 1. The van der Waals surface area contributed by atoms with Crippen LogP contribution in [0.5, 0.6) is 0 Å². The van der Waals surface area contributed by atoms with Crippen molar-refractivity contribution in [2.24, 2.45) is 5.92 Å². The van der Waals surface area contributed by atoms with Crippen LogP contribution in [-0.4, -0.2) is 25.8 Å². The number of hydrogen-bond acceptors (Lipinski definition) is 3. The van der Waals surface area contributed by atoms with E-state index in [1.165, 1.54) is 7.11 Å². The molecule has 1 fully saturated rings. The average molecular weight is 158 g/mol. The third kappa shape index (κ3) is 2.50. The minimum absolute atomic E-state index is 0.0347. The standard InChI is InChI=1S/C8H14O3/c1-3-6(8(9)10-2)4-7-5-11-7/h6-7H,3-5H2,1-2H3/t6?,7-/m1/s1. The van der Waals surface area contributed by atoms with Crippen LogP contribution in [0, 0.1) is 5.92 Å². The smallest absolute Gasteiger partial charge is 0.308 e. The van der Waals surface area contributed by atoms with E-state index in [0.29, 0.717) is 6.10 Å². The maximum atomic E-state index is 11.0. The minimum Gasteiger partial charge on any atom is -0.469 e. The van der Waals surface area contributed by atoms with E-state index in [1.54, 1.807) is 0 Å². The van der Waals surface area contributed by atoms with Gasteiger partial charge in [0.2, 0.25) is 0 Å². The van der Waals surface area contributed by atoms with Crippen molar-refractivity contribution in [3.05, 3.63) is 0 Å². The zero-order chi connectivity index (χ0) is 8.27. The number of rotatable bonds is 4. The number of carbonyl (C=O) groups is 1. The van der Waals surface area contributed by atoms with Crippen molar-refractivity contribution in [2.45, 2.75) is 25.9 Å². The van der Waals surface area contributed by atoms with Crippen LogP contribution in [0.2, 0.25) is 0 Å². The summed E-state index contributed by atoms with van der Waals surface area (Å²) < 4.78 is 9.67. The molecule has 0 aliphatic carbocycles. The van der Waals surface area contributed by atoms with E-state index >= 15 is 0 Å². The van der Waals surface area contributed by atoms with E-state index in [9.17, 15) is 4.79 Å². The molecule has 1 heterocycles. The second-order valence-corrected chi connectivity index (χ2v) is 2.82. The van der Waals surface area contributed by atoms with Crippen LogP contribution in [0.4, 0.5) is 0 Å². The Labute approximate surface area is 66.7 Å². The molecule has 0 spiro atoms. The Hall–Kier alpha value is -0.570. The molecule has 0 aromatic carbocycles. The monoisotopic (exact) mass is 158 g/mol. The highest BCUT2D eigenvalue weighted by atomic mass is 16.6. The Morgan fingerprint density at radius 2 is 2.45 bits per heavy atom. The number of hydrogen-bond donors (Lipinski definition) is 0. The summed E-state index contributed by atoms with van der Waals surface area (Å²) in [5, 5.41) is 0. The van der Waals surface area contributed by atoms with Gasteiger partial charge in [0.1, 0.15) is 0 Å². The first-order valence-corrected chi connectivity index (χ1v) is 3.97. The molecule has 1 saturated heterocycles. The van der Waals surface area contributed by atoms with Gasteiger partial charge in [-0.25, -0.2) is 0 Å². The molecule has 0 aromatic rings. The molecule has 0 bridgehead atoms. The van der Waals surface area contributed by atoms with Gasteiger partial charge < -0.3 is 9.47 Å². The topological polar surface area (TPSA) is 38.8 Å². The average Bonchev–Trinajstić information content (AvgIpc) is 2.82. The Bertz CT molecular complexity index is 140. The molecular formula is C8H14O3. The second-order valence-electron chi connectivity index (χ2n) is 2.82. The predicted molar refractivity (Wildman–Crippen MR) is 40.2 cm³/mol. The molecule has 1 unspecified atom stereocenters. The maximum Gasteiger partial charge on any atom is 0.308 e. The number of carbonyl (C=O) groups excluding carboxylic acids is 1. The van der Waals surface area contributed by atoms with Gasteiger partial charge in [-0.2, -0.15) is 0 Å². The molecule has 0 amide bonds. The quantitative estimate of drug-likeness (QED) is 0.452. The summed E-state index contributed by atoms with van der Waals surface area (Å²) in [6.07, 6.45) is 1.98. The van der Waals surface area contributed by atoms with Crippen LogP contribution in [0.25, 0.3) is 0 Å². The highest BCUT2D eigenvalue weighted by molar-refractivity contribution is 5.72. The number of methoxy groups -OCH3 is 1. The predicted octanol–water partition coefficient (Wildman–Crippen LogP) is 0.975. The van der Waals surface area contributed by atoms with Crippen molar-refractivity contribution in [1.29, 1.82) is 0 Å². The summed E-state index contributed by atoms with van der Waals surface area (Å²) in [4.78, 5) is 11.0. The fourth-order valence-corrected chi connectivity index (χ4v) is 1.12. The molecule has 0 aromatic heterocycles. The van der Waals surface area contributed by atoms with E-state index in [4.69, 9.17) is 4.74 Å². The minimum atomic E-state index is -0.108. The Morgan fingerprint density at radius 3 is 2.82 bits per heavy atom. The van der Waals surface area contributed by atoms with Crippen LogP contribution in [0.3, 0.4) is 0 Å². The number of esters is 1. The van der Waals surface area contributed by atoms with Gasteiger partial charge >= 0.3 is 5.97 Å². The second kappa shape index (κ2) is 3.72. The molecule has 0 radical (unpaired) electrons. The summed E-state index contributed by atoms with van der Waals surface area (Å²) in [5.41, 5.74) is 0. The van der Waals surface area contributed by atoms with Gasteiger partial charge in [-0.1, -0.05) is 6.92 Å². The van der Waals surface area contributed by atoms with Crippen molar-refractivity contribution >= 4 is 5.97 Å². The summed E-state index contributed by atoms with van der Waals surface area (Å²) in [5.74, 6) is -0.0736. The normalized spacial score (nSPS) is 24.4. The zero-order valence-corrected chi connectivity index (χ0v) is 7.00. The van der Waals surface area contributed by atoms with Crippen LogP contribution >= 0.6 is 0 Å². The molecule has 3 heteroatoms.